The van der Waals surface area contributed by atoms with Crippen molar-refractivity contribution in [2.24, 2.45) is 16.7 Å². The van der Waals surface area contributed by atoms with E-state index in [-0.39, 0.29) is 11.4 Å². The molecule has 4 bridgehead atoms. The van der Waals surface area contributed by atoms with Crippen LogP contribution in [0.15, 0.2) is 12.3 Å². The summed E-state index contributed by atoms with van der Waals surface area (Å²) in [5.41, 5.74) is 7.73. The summed E-state index contributed by atoms with van der Waals surface area (Å²) in [6.45, 7) is 4.84. The molecule has 4 saturated carbocycles. The molecule has 1 aromatic heterocycles. The van der Waals surface area contributed by atoms with Crippen molar-refractivity contribution in [1.29, 1.82) is 0 Å². The van der Waals surface area contributed by atoms with Crippen molar-refractivity contribution in [3.05, 3.63) is 18.0 Å². The van der Waals surface area contributed by atoms with Gasteiger partial charge in [0.15, 0.2) is 0 Å². The summed E-state index contributed by atoms with van der Waals surface area (Å²) in [5.74, 6) is 0.783. The highest BCUT2D eigenvalue weighted by atomic mass is 16.2. The van der Waals surface area contributed by atoms with Crippen molar-refractivity contribution in [3.63, 3.8) is 0 Å². The Morgan fingerprint density at radius 2 is 1.90 bits per heavy atom. The van der Waals surface area contributed by atoms with Crippen LogP contribution in [-0.4, -0.2) is 16.4 Å². The van der Waals surface area contributed by atoms with Gasteiger partial charge in [0.1, 0.15) is 5.69 Å². The predicted octanol–water partition coefficient (Wildman–Crippen LogP) is 3.08. The largest absolute Gasteiger partial charge is 0.397 e. The lowest BCUT2D eigenvalue weighted by atomic mass is 9.43. The summed E-state index contributed by atoms with van der Waals surface area (Å²) >= 11 is 0. The van der Waals surface area contributed by atoms with Crippen LogP contribution >= 0.6 is 0 Å². The summed E-state index contributed by atoms with van der Waals surface area (Å²) in [5, 5.41) is 3.38. The molecule has 114 valence electrons. The Balaban J connectivity index is 1.61. The molecule has 0 radical (unpaired) electrons. The number of hydrogen-bond donors (Lipinski definition) is 3. The summed E-state index contributed by atoms with van der Waals surface area (Å²) in [7, 11) is 0. The first kappa shape index (κ1) is 13.2. The van der Waals surface area contributed by atoms with E-state index in [0.29, 0.717) is 22.2 Å². The van der Waals surface area contributed by atoms with Gasteiger partial charge in [0.2, 0.25) is 0 Å². The monoisotopic (exact) mass is 287 g/mol. The van der Waals surface area contributed by atoms with Gasteiger partial charge in [0, 0.05) is 17.4 Å². The zero-order valence-corrected chi connectivity index (χ0v) is 13.0. The molecule has 4 aliphatic rings. The van der Waals surface area contributed by atoms with Crippen LogP contribution < -0.4 is 11.1 Å². The van der Waals surface area contributed by atoms with Crippen LogP contribution in [0.4, 0.5) is 5.69 Å². The van der Waals surface area contributed by atoms with Crippen LogP contribution in [0.1, 0.15) is 62.9 Å². The lowest BCUT2D eigenvalue weighted by molar-refractivity contribution is -0.114. The second-order valence-electron chi connectivity index (χ2n) is 8.71. The van der Waals surface area contributed by atoms with Gasteiger partial charge in [-0.15, -0.1) is 0 Å². The first-order valence-corrected chi connectivity index (χ1v) is 8.05. The average molecular weight is 287 g/mol. The third-order valence-corrected chi connectivity index (χ3v) is 5.95. The Bertz CT molecular complexity index is 587. The molecule has 1 aromatic rings. The second kappa shape index (κ2) is 3.84. The average Bonchev–Trinajstić information content (AvgIpc) is 2.70. The van der Waals surface area contributed by atoms with Crippen LogP contribution in [-0.2, 0) is 0 Å². The Morgan fingerprint density at radius 3 is 2.43 bits per heavy atom. The Hall–Kier alpha value is -1.45. The number of hydrogen-bond acceptors (Lipinski definition) is 2. The maximum Gasteiger partial charge on any atom is 0.268 e. The van der Waals surface area contributed by atoms with E-state index in [0.717, 1.165) is 25.2 Å². The van der Waals surface area contributed by atoms with Crippen LogP contribution in [0, 0.1) is 16.7 Å². The van der Waals surface area contributed by atoms with Crippen LogP contribution in [0.3, 0.4) is 0 Å². The van der Waals surface area contributed by atoms with E-state index in [9.17, 15) is 4.79 Å². The Morgan fingerprint density at radius 1 is 1.24 bits per heavy atom. The van der Waals surface area contributed by atoms with Crippen LogP contribution in [0.25, 0.3) is 0 Å². The molecule has 4 aliphatic carbocycles. The van der Waals surface area contributed by atoms with Gasteiger partial charge in [-0.2, -0.15) is 0 Å². The highest BCUT2D eigenvalue weighted by Crippen LogP contribution is 2.66. The molecule has 1 amide bonds. The molecule has 4 N–H and O–H groups in total. The normalized spacial score (nSPS) is 44.0. The van der Waals surface area contributed by atoms with E-state index in [1.165, 1.54) is 19.3 Å². The summed E-state index contributed by atoms with van der Waals surface area (Å²) in [6.07, 6.45) is 9.11. The molecular formula is C17H25N3O. The van der Waals surface area contributed by atoms with Gasteiger partial charge in [-0.1, -0.05) is 13.8 Å². The number of aromatic amines is 1. The zero-order chi connectivity index (χ0) is 14.9. The third kappa shape index (κ3) is 2.07. The number of amides is 1. The van der Waals surface area contributed by atoms with Crippen molar-refractivity contribution in [3.8, 4) is 0 Å². The van der Waals surface area contributed by atoms with E-state index in [1.54, 1.807) is 12.3 Å². The van der Waals surface area contributed by atoms with Gasteiger partial charge in [-0.05, 0) is 61.3 Å². The molecule has 21 heavy (non-hydrogen) atoms. The van der Waals surface area contributed by atoms with Crippen molar-refractivity contribution >= 4 is 11.6 Å². The van der Waals surface area contributed by atoms with Gasteiger partial charge in [0.05, 0.1) is 0 Å². The minimum atomic E-state index is -0.000127. The predicted molar refractivity (Wildman–Crippen MR) is 82.8 cm³/mol. The fraction of sp³-hybridized carbons (Fsp3) is 0.706. The molecule has 0 spiro atoms. The van der Waals surface area contributed by atoms with Crippen molar-refractivity contribution < 1.29 is 4.79 Å². The topological polar surface area (TPSA) is 70.9 Å². The number of carbonyl (C=O) groups excluding carboxylic acids is 1. The number of aromatic nitrogens is 1. The maximum absolute atomic E-state index is 12.6. The first-order chi connectivity index (χ1) is 9.79. The minimum Gasteiger partial charge on any atom is -0.397 e. The van der Waals surface area contributed by atoms with E-state index >= 15 is 0 Å². The van der Waals surface area contributed by atoms with E-state index in [1.807, 2.05) is 0 Å². The standard InChI is InChI=1S/C17H25N3O/c1-15-4-11-5-16(2,8-15)10-17(6-11,9-15)20-14(21)13-3-12(18)7-19-13/h3,7,11,19H,4-6,8-10,18H2,1-2H3,(H,20,21). The van der Waals surface area contributed by atoms with Crippen LogP contribution in [0.5, 0.6) is 0 Å². The zero-order valence-electron chi connectivity index (χ0n) is 13.0. The summed E-state index contributed by atoms with van der Waals surface area (Å²) in [6, 6.07) is 1.72. The third-order valence-electron chi connectivity index (χ3n) is 5.95. The molecule has 0 aromatic carbocycles. The van der Waals surface area contributed by atoms with Gasteiger partial charge in [0.25, 0.3) is 5.91 Å². The highest BCUT2D eigenvalue weighted by Gasteiger charge is 2.60. The molecule has 4 nitrogen and oxygen atoms in total. The number of nitrogen functional groups attached to an aromatic ring is 1. The van der Waals surface area contributed by atoms with Gasteiger partial charge < -0.3 is 16.0 Å². The molecule has 0 saturated heterocycles. The molecular weight excluding hydrogens is 262 g/mol. The molecule has 5 rings (SSSR count). The van der Waals surface area contributed by atoms with E-state index in [2.05, 4.69) is 24.1 Å². The molecule has 4 fully saturated rings. The Kier molecular flexibility index (Phi) is 2.42. The molecule has 2 unspecified atom stereocenters. The molecule has 4 heteroatoms. The Labute approximate surface area is 125 Å². The summed E-state index contributed by atoms with van der Waals surface area (Å²) in [4.78, 5) is 15.5. The summed E-state index contributed by atoms with van der Waals surface area (Å²) < 4.78 is 0. The van der Waals surface area contributed by atoms with Gasteiger partial charge in [-0.3, -0.25) is 4.79 Å². The number of nitrogens with two attached hydrogens (primary N) is 1. The molecule has 1 heterocycles. The second-order valence-corrected chi connectivity index (χ2v) is 8.71. The van der Waals surface area contributed by atoms with Gasteiger partial charge in [-0.25, -0.2) is 0 Å². The number of carbonyl (C=O) groups is 1. The van der Waals surface area contributed by atoms with Crippen LogP contribution in [0.2, 0.25) is 0 Å². The smallest absolute Gasteiger partial charge is 0.268 e. The number of rotatable bonds is 2. The number of nitrogens with one attached hydrogen (secondary N) is 2. The maximum atomic E-state index is 12.6. The van der Waals surface area contributed by atoms with Crippen molar-refractivity contribution in [1.82, 2.24) is 10.3 Å². The van der Waals surface area contributed by atoms with E-state index < -0.39 is 0 Å². The lowest BCUT2D eigenvalue weighted by Crippen LogP contribution is -2.65. The highest BCUT2D eigenvalue weighted by molar-refractivity contribution is 5.94. The lowest BCUT2D eigenvalue weighted by Gasteiger charge is -2.65. The number of anilines is 1. The molecule has 2 atom stereocenters. The fourth-order valence-electron chi connectivity index (χ4n) is 6.44. The number of H-pyrrole nitrogens is 1. The minimum absolute atomic E-state index is 0.000127. The van der Waals surface area contributed by atoms with Gasteiger partial charge >= 0.3 is 0 Å². The van der Waals surface area contributed by atoms with Crippen molar-refractivity contribution in [2.45, 2.75) is 57.9 Å². The molecule has 0 aliphatic heterocycles. The van der Waals surface area contributed by atoms with E-state index in [4.69, 9.17) is 5.73 Å². The first-order valence-electron chi connectivity index (χ1n) is 8.05. The van der Waals surface area contributed by atoms with Crippen molar-refractivity contribution in [2.75, 3.05) is 5.73 Å². The quantitative estimate of drug-likeness (QED) is 0.782. The SMILES string of the molecule is CC12CC3CC(C)(C1)CC(NC(=O)c1cc(N)c[nH]1)(C3)C2. The fourth-order valence-corrected chi connectivity index (χ4v) is 6.44.